The SMILES string of the molecule is CC(Cc1ccccc1)NC(=O)CNC(=O)CNC(=O)CCCCCN1C(=O)C=CC1=O.CCc1c(CC(C)C)c(/C(C)=C/C(=C(/COC=C2CCC2)C(C)=O)C(C)OC)nc2ccc(OCCOCNC(=O)CNC=C3CCC3)cc12. The molecule has 2 fully saturated rings. The summed E-state index contributed by atoms with van der Waals surface area (Å²) in [5, 5.41) is 14.7. The number of rotatable bonds is 33. The van der Waals surface area contributed by atoms with Gasteiger partial charge in [-0.15, -0.1) is 0 Å². The topological polar surface area (TPSA) is 233 Å². The minimum atomic E-state index is -0.442. The van der Waals surface area contributed by atoms with E-state index in [0.717, 1.165) is 77.6 Å². The molecular formula is C64H87N7O11. The smallest absolute Gasteiger partial charge is 0.253 e. The Morgan fingerprint density at radius 2 is 1.44 bits per heavy atom. The Morgan fingerprint density at radius 3 is 2.09 bits per heavy atom. The third-order valence-corrected chi connectivity index (χ3v) is 14.2. The number of aryl methyl sites for hydroxylation is 1. The molecular weight excluding hydrogens is 1040 g/mol. The first-order valence-corrected chi connectivity index (χ1v) is 28.9. The number of carbonyl (C=O) groups is 7. The van der Waals surface area contributed by atoms with Crippen molar-refractivity contribution in [3.8, 4) is 5.75 Å². The predicted octanol–water partition coefficient (Wildman–Crippen LogP) is 7.98. The van der Waals surface area contributed by atoms with Crippen molar-refractivity contribution < 1.29 is 52.5 Å². The molecule has 444 valence electrons. The lowest BCUT2D eigenvalue weighted by atomic mass is 9.89. The van der Waals surface area contributed by atoms with E-state index in [9.17, 15) is 33.6 Å². The number of imide groups is 1. The van der Waals surface area contributed by atoms with Crippen LogP contribution in [0.5, 0.6) is 5.75 Å². The first-order valence-electron chi connectivity index (χ1n) is 28.9. The monoisotopic (exact) mass is 1130 g/mol. The Labute approximate surface area is 484 Å². The number of hydrogen-bond donors (Lipinski definition) is 5. The quantitative estimate of drug-likeness (QED) is 0.00974. The molecule has 2 unspecified atom stereocenters. The van der Waals surface area contributed by atoms with Crippen LogP contribution < -0.4 is 31.3 Å². The molecule has 82 heavy (non-hydrogen) atoms. The highest BCUT2D eigenvalue weighted by atomic mass is 16.5. The summed E-state index contributed by atoms with van der Waals surface area (Å²) in [6, 6.07) is 15.7. The van der Waals surface area contributed by atoms with Gasteiger partial charge in [0, 0.05) is 49.2 Å². The van der Waals surface area contributed by atoms with E-state index >= 15 is 0 Å². The summed E-state index contributed by atoms with van der Waals surface area (Å²) < 4.78 is 23.3. The summed E-state index contributed by atoms with van der Waals surface area (Å²) in [4.78, 5) is 89.8. The predicted molar refractivity (Wildman–Crippen MR) is 318 cm³/mol. The van der Waals surface area contributed by atoms with Crippen LogP contribution in [0.25, 0.3) is 16.5 Å². The average molecular weight is 1130 g/mol. The van der Waals surface area contributed by atoms with Gasteiger partial charge in [0.1, 0.15) is 25.7 Å². The number of carbonyl (C=O) groups excluding carboxylic acids is 7. The molecule has 2 heterocycles. The maximum Gasteiger partial charge on any atom is 0.253 e. The zero-order valence-corrected chi connectivity index (χ0v) is 49.5. The number of unbranched alkanes of at least 4 members (excludes halogenated alkanes) is 2. The molecule has 6 rings (SSSR count). The Bertz CT molecular complexity index is 2810. The number of ketones is 1. The second-order valence-electron chi connectivity index (χ2n) is 21.4. The fourth-order valence-corrected chi connectivity index (χ4v) is 9.34. The largest absolute Gasteiger partial charge is 0.496 e. The number of amides is 6. The van der Waals surface area contributed by atoms with Crippen LogP contribution in [0.1, 0.15) is 135 Å². The minimum absolute atomic E-state index is 0.0319. The van der Waals surface area contributed by atoms with Crippen LogP contribution in [0.3, 0.4) is 0 Å². The molecule has 2 atom stereocenters. The van der Waals surface area contributed by atoms with Crippen molar-refractivity contribution in [1.82, 2.24) is 36.5 Å². The van der Waals surface area contributed by atoms with Gasteiger partial charge in [-0.3, -0.25) is 38.5 Å². The van der Waals surface area contributed by atoms with Gasteiger partial charge in [-0.25, -0.2) is 4.98 Å². The van der Waals surface area contributed by atoms with Gasteiger partial charge in [-0.2, -0.15) is 0 Å². The molecule has 2 aliphatic carbocycles. The van der Waals surface area contributed by atoms with Crippen LogP contribution in [0.2, 0.25) is 0 Å². The van der Waals surface area contributed by atoms with Crippen molar-refractivity contribution in [2.45, 2.75) is 144 Å². The molecule has 0 spiro atoms. The van der Waals surface area contributed by atoms with Crippen molar-refractivity contribution in [2.24, 2.45) is 5.92 Å². The van der Waals surface area contributed by atoms with Crippen LogP contribution in [-0.2, 0) is 67.0 Å². The standard InChI is InChI=1S/C41H57N3O6.C23H30N4O5/c1-8-34-36-21-33(50-18-17-48-26-43-40(46)23-42-22-31-11-9-12-31)15-16-39(36)44-41(37(34)19-27(2)3)28(4)20-35(30(6)47-7)38(29(5)45)25-49-24-32-13-10-14-32;1-17(14-18-8-4-2-5-9-18)26-21(30)16-25-20(29)15-24-19(28)10-6-3-7-13-27-22(31)11-12-23(27)32/h15-16,20-22,24,27,30,42H,8-14,17-19,23,25-26H2,1-7H3,(H,43,46);2,4-5,8-9,11-12,17H,3,6-7,10,13-16H2,1H3,(H,24,28)(H,25,29)(H,26,30)/b28-20+,38-35+;. The average Bonchev–Trinajstić information content (AvgIpc) is 3.82. The van der Waals surface area contributed by atoms with E-state index in [-0.39, 0.29) is 86.9 Å². The normalized spacial score (nSPS) is 14.8. The van der Waals surface area contributed by atoms with Gasteiger partial charge in [-0.1, -0.05) is 69.2 Å². The van der Waals surface area contributed by atoms with E-state index in [4.69, 9.17) is 23.9 Å². The van der Waals surface area contributed by atoms with Gasteiger partial charge in [0.2, 0.25) is 23.6 Å². The van der Waals surface area contributed by atoms with Crippen LogP contribution in [0.4, 0.5) is 0 Å². The Kier molecular flexibility index (Phi) is 27.7. The number of Topliss-reactive ketones (excluding diaryl/α,β-unsaturated/α-hetero) is 1. The van der Waals surface area contributed by atoms with Crippen molar-refractivity contribution in [1.29, 1.82) is 0 Å². The third-order valence-electron chi connectivity index (χ3n) is 14.2. The number of methoxy groups -OCH3 is 1. The highest BCUT2D eigenvalue weighted by molar-refractivity contribution is 6.12. The maximum absolute atomic E-state index is 12.9. The van der Waals surface area contributed by atoms with E-state index in [1.807, 2.05) is 68.8 Å². The van der Waals surface area contributed by atoms with Gasteiger partial charge in [0.25, 0.3) is 11.8 Å². The summed E-state index contributed by atoms with van der Waals surface area (Å²) >= 11 is 0. The lowest BCUT2D eigenvalue weighted by molar-refractivity contribution is -0.137. The highest BCUT2D eigenvalue weighted by Gasteiger charge is 2.24. The third kappa shape index (κ3) is 22.1. The molecule has 1 aliphatic heterocycles. The fraction of sp³-hybridized carbons (Fsp3) is 0.500. The van der Waals surface area contributed by atoms with Gasteiger partial charge < -0.3 is 45.5 Å². The van der Waals surface area contributed by atoms with Crippen molar-refractivity contribution in [3.63, 3.8) is 0 Å². The molecule has 6 amide bonds. The summed E-state index contributed by atoms with van der Waals surface area (Å²) in [6.45, 7) is 15.4. The van der Waals surface area contributed by atoms with E-state index in [1.165, 1.54) is 52.2 Å². The maximum atomic E-state index is 12.9. The molecule has 3 aliphatic rings. The van der Waals surface area contributed by atoms with Crippen molar-refractivity contribution in [2.75, 3.05) is 59.8 Å². The van der Waals surface area contributed by atoms with Crippen LogP contribution in [0, 0.1) is 5.92 Å². The summed E-state index contributed by atoms with van der Waals surface area (Å²) in [6.07, 6.45) is 19.3. The zero-order valence-electron chi connectivity index (χ0n) is 49.5. The second kappa shape index (κ2) is 34.8. The molecule has 5 N–H and O–H groups in total. The number of pyridine rings is 1. The number of fused-ring (bicyclic) bond motifs is 1. The molecule has 2 aromatic carbocycles. The van der Waals surface area contributed by atoms with Gasteiger partial charge in [0.15, 0.2) is 5.78 Å². The Hall–Kier alpha value is -7.44. The highest BCUT2D eigenvalue weighted by Crippen LogP contribution is 2.34. The number of ether oxygens (including phenoxy) is 4. The molecule has 1 aromatic heterocycles. The van der Waals surface area contributed by atoms with Crippen LogP contribution in [-0.4, -0.2) is 123 Å². The molecule has 18 nitrogen and oxygen atoms in total. The van der Waals surface area contributed by atoms with Crippen LogP contribution in [0.15, 0.2) is 102 Å². The number of allylic oxidation sites excluding steroid dienone is 3. The molecule has 0 bridgehead atoms. The van der Waals surface area contributed by atoms with Gasteiger partial charge in [0.05, 0.1) is 49.8 Å². The number of aromatic nitrogens is 1. The van der Waals surface area contributed by atoms with Crippen molar-refractivity contribution in [3.05, 3.63) is 124 Å². The summed E-state index contributed by atoms with van der Waals surface area (Å²) in [5.41, 5.74) is 10.4. The lowest BCUT2D eigenvalue weighted by Gasteiger charge is -2.21. The first kappa shape index (κ1) is 65.4. The Morgan fingerprint density at radius 1 is 0.756 bits per heavy atom. The first-order chi connectivity index (χ1) is 39.5. The van der Waals surface area contributed by atoms with E-state index in [1.54, 1.807) is 14.0 Å². The fourth-order valence-electron chi connectivity index (χ4n) is 9.34. The van der Waals surface area contributed by atoms with Crippen LogP contribution >= 0.6 is 0 Å². The van der Waals surface area contributed by atoms with E-state index in [0.29, 0.717) is 56.9 Å². The molecule has 0 saturated heterocycles. The van der Waals surface area contributed by atoms with Crippen molar-refractivity contribution >= 4 is 57.7 Å². The molecule has 18 heteroatoms. The van der Waals surface area contributed by atoms with Gasteiger partial charge in [-0.05, 0) is 162 Å². The lowest BCUT2D eigenvalue weighted by Crippen LogP contribution is -2.44. The summed E-state index contributed by atoms with van der Waals surface area (Å²) in [5.74, 6) is -0.604. The Balaban J connectivity index is 0.000000332. The number of benzene rings is 2. The molecule has 3 aromatic rings. The number of nitrogens with zero attached hydrogens (tertiary/aromatic N) is 2. The number of hydrogen-bond acceptors (Lipinski definition) is 13. The summed E-state index contributed by atoms with van der Waals surface area (Å²) in [7, 11) is 1.66. The number of nitrogens with one attached hydrogen (secondary N) is 5. The molecule has 2 saturated carbocycles. The minimum Gasteiger partial charge on any atom is -0.496 e. The molecule has 0 radical (unpaired) electrons. The van der Waals surface area contributed by atoms with Gasteiger partial charge >= 0.3 is 0 Å². The van der Waals surface area contributed by atoms with E-state index in [2.05, 4.69) is 66.4 Å². The second-order valence-corrected chi connectivity index (χ2v) is 21.4. The zero-order chi connectivity index (χ0) is 59.4. The van der Waals surface area contributed by atoms with E-state index < -0.39 is 5.91 Å².